The highest BCUT2D eigenvalue weighted by Gasteiger charge is 2.12. The maximum Gasteiger partial charge on any atom is 0.110 e. The van der Waals surface area contributed by atoms with Gasteiger partial charge in [-0.1, -0.05) is 30.3 Å². The summed E-state index contributed by atoms with van der Waals surface area (Å²) in [5.74, 6) is 1.39. The van der Waals surface area contributed by atoms with Crippen molar-refractivity contribution in [3.05, 3.63) is 36.4 Å². The number of H-pyrrole nitrogens is 1. The number of hydrogen-bond acceptors (Lipinski definition) is 4. The summed E-state index contributed by atoms with van der Waals surface area (Å²) in [5, 5.41) is 18.1. The molecule has 0 spiro atoms. The minimum atomic E-state index is 0.0274. The fraction of sp³-hybridized carbons (Fsp3) is 0.286. The molecule has 1 aromatic carbocycles. The van der Waals surface area contributed by atoms with Gasteiger partial charge in [0.2, 0.25) is 0 Å². The number of aromatic amines is 1. The van der Waals surface area contributed by atoms with E-state index in [1.165, 1.54) is 0 Å². The second-order valence-corrected chi connectivity index (χ2v) is 4.28. The van der Waals surface area contributed by atoms with E-state index in [9.17, 15) is 0 Å². The number of benzene rings is 1. The molecule has 0 atom stereocenters. The number of nitrogens with two attached hydrogens (primary N) is 1. The first-order chi connectivity index (χ1) is 9.26. The minimum absolute atomic E-state index is 0.0274. The highest BCUT2D eigenvalue weighted by molar-refractivity contribution is 5.78. The Bertz CT molecular complexity index is 505. The third-order valence-corrected chi connectivity index (χ3v) is 3.00. The number of aromatic nitrogens is 1. The number of nitrogen functional groups attached to an aromatic ring is 1. The highest BCUT2D eigenvalue weighted by Crippen LogP contribution is 2.30. The second-order valence-electron chi connectivity index (χ2n) is 4.28. The molecular formula is C14H19N3O2. The minimum Gasteiger partial charge on any atom is -0.395 e. The standard InChI is InChI=1S/C14H19N3O2/c15-14-12(11-4-2-1-3-5-11)10-13(16-14)17(6-8-18)7-9-19/h1-5,10,16,18-19H,6-9,15H2. The molecule has 0 saturated heterocycles. The van der Waals surface area contributed by atoms with Gasteiger partial charge in [0, 0.05) is 18.7 Å². The number of aliphatic hydroxyl groups excluding tert-OH is 2. The van der Waals surface area contributed by atoms with Crippen LogP contribution in [0.2, 0.25) is 0 Å². The van der Waals surface area contributed by atoms with Gasteiger partial charge in [-0.2, -0.15) is 0 Å². The molecule has 0 saturated carbocycles. The van der Waals surface area contributed by atoms with E-state index in [0.29, 0.717) is 18.9 Å². The third-order valence-electron chi connectivity index (χ3n) is 3.00. The lowest BCUT2D eigenvalue weighted by atomic mass is 10.1. The van der Waals surface area contributed by atoms with Crippen molar-refractivity contribution in [3.63, 3.8) is 0 Å². The zero-order chi connectivity index (χ0) is 13.7. The number of nitrogens with zero attached hydrogens (tertiary/aromatic N) is 1. The Hall–Kier alpha value is -1.98. The second kappa shape index (κ2) is 6.26. The SMILES string of the molecule is Nc1[nH]c(N(CCO)CCO)cc1-c1ccccc1. The first-order valence-electron chi connectivity index (χ1n) is 6.27. The van der Waals surface area contributed by atoms with Crippen LogP contribution in [-0.4, -0.2) is 41.5 Å². The van der Waals surface area contributed by atoms with Gasteiger partial charge in [-0.05, 0) is 11.6 Å². The van der Waals surface area contributed by atoms with Crippen LogP contribution in [0.5, 0.6) is 0 Å². The Balaban J connectivity index is 2.29. The maximum absolute atomic E-state index is 9.05. The largest absolute Gasteiger partial charge is 0.395 e. The van der Waals surface area contributed by atoms with Crippen molar-refractivity contribution in [1.29, 1.82) is 0 Å². The van der Waals surface area contributed by atoms with Gasteiger partial charge in [0.15, 0.2) is 0 Å². The van der Waals surface area contributed by atoms with Gasteiger partial charge in [0.1, 0.15) is 11.6 Å². The average molecular weight is 261 g/mol. The molecule has 102 valence electrons. The molecule has 0 fully saturated rings. The Kier molecular flexibility index (Phi) is 4.43. The van der Waals surface area contributed by atoms with Crippen LogP contribution in [-0.2, 0) is 0 Å². The molecule has 5 nitrogen and oxygen atoms in total. The van der Waals surface area contributed by atoms with E-state index in [-0.39, 0.29) is 13.2 Å². The van der Waals surface area contributed by atoms with Gasteiger partial charge in [-0.25, -0.2) is 0 Å². The molecule has 0 amide bonds. The predicted molar refractivity (Wildman–Crippen MR) is 77.0 cm³/mol. The van der Waals surface area contributed by atoms with Gasteiger partial charge in [-0.3, -0.25) is 0 Å². The van der Waals surface area contributed by atoms with Gasteiger partial charge < -0.3 is 25.8 Å². The van der Waals surface area contributed by atoms with Gasteiger partial charge in [0.05, 0.1) is 13.2 Å². The molecule has 0 aliphatic heterocycles. The van der Waals surface area contributed by atoms with Crippen LogP contribution >= 0.6 is 0 Å². The molecule has 5 N–H and O–H groups in total. The number of hydrogen-bond donors (Lipinski definition) is 4. The van der Waals surface area contributed by atoms with E-state index < -0.39 is 0 Å². The van der Waals surface area contributed by atoms with Crippen molar-refractivity contribution in [2.45, 2.75) is 0 Å². The van der Waals surface area contributed by atoms with Crippen LogP contribution in [0.3, 0.4) is 0 Å². The molecule has 2 aromatic rings. The summed E-state index contributed by atoms with van der Waals surface area (Å²) < 4.78 is 0. The predicted octanol–water partition coefficient (Wildman–Crippen LogP) is 1.05. The van der Waals surface area contributed by atoms with E-state index >= 15 is 0 Å². The topological polar surface area (TPSA) is 85.5 Å². The summed E-state index contributed by atoms with van der Waals surface area (Å²) >= 11 is 0. The first kappa shape index (κ1) is 13.5. The Morgan fingerprint density at radius 3 is 2.26 bits per heavy atom. The molecule has 0 aliphatic carbocycles. The van der Waals surface area contributed by atoms with Crippen LogP contribution in [0.1, 0.15) is 0 Å². The van der Waals surface area contributed by atoms with Crippen molar-refractivity contribution in [2.24, 2.45) is 0 Å². The van der Waals surface area contributed by atoms with Crippen LogP contribution in [0.15, 0.2) is 36.4 Å². The van der Waals surface area contributed by atoms with E-state index in [1.54, 1.807) is 0 Å². The van der Waals surface area contributed by atoms with Gasteiger partial charge >= 0.3 is 0 Å². The molecular weight excluding hydrogens is 242 g/mol. The van der Waals surface area contributed by atoms with E-state index in [4.69, 9.17) is 15.9 Å². The zero-order valence-corrected chi connectivity index (χ0v) is 10.7. The first-order valence-corrected chi connectivity index (χ1v) is 6.27. The molecule has 0 aliphatic rings. The highest BCUT2D eigenvalue weighted by atomic mass is 16.3. The third kappa shape index (κ3) is 3.07. The van der Waals surface area contributed by atoms with Crippen molar-refractivity contribution in [2.75, 3.05) is 36.9 Å². The number of rotatable bonds is 6. The lowest BCUT2D eigenvalue weighted by Crippen LogP contribution is -2.29. The van der Waals surface area contributed by atoms with Crippen molar-refractivity contribution in [1.82, 2.24) is 4.98 Å². The number of nitrogens with one attached hydrogen (secondary N) is 1. The molecule has 5 heteroatoms. The summed E-state index contributed by atoms with van der Waals surface area (Å²) in [5.41, 5.74) is 7.96. The molecule has 1 heterocycles. The summed E-state index contributed by atoms with van der Waals surface area (Å²) in [6, 6.07) is 11.8. The fourth-order valence-electron chi connectivity index (χ4n) is 2.08. The summed E-state index contributed by atoms with van der Waals surface area (Å²) in [6.07, 6.45) is 0. The molecule has 0 radical (unpaired) electrons. The lowest BCUT2D eigenvalue weighted by Gasteiger charge is -2.20. The van der Waals surface area contributed by atoms with Crippen molar-refractivity contribution < 1.29 is 10.2 Å². The van der Waals surface area contributed by atoms with Gasteiger partial charge in [0.25, 0.3) is 0 Å². The molecule has 19 heavy (non-hydrogen) atoms. The fourth-order valence-corrected chi connectivity index (χ4v) is 2.08. The quantitative estimate of drug-likeness (QED) is 0.626. The molecule has 1 aromatic heterocycles. The van der Waals surface area contributed by atoms with E-state index in [0.717, 1.165) is 16.9 Å². The smallest absolute Gasteiger partial charge is 0.110 e. The maximum atomic E-state index is 9.05. The van der Waals surface area contributed by atoms with Gasteiger partial charge in [-0.15, -0.1) is 0 Å². The van der Waals surface area contributed by atoms with Crippen molar-refractivity contribution >= 4 is 11.6 Å². The Morgan fingerprint density at radius 2 is 1.68 bits per heavy atom. The lowest BCUT2D eigenvalue weighted by molar-refractivity contribution is 0.281. The van der Waals surface area contributed by atoms with Crippen LogP contribution < -0.4 is 10.6 Å². The Labute approximate surface area is 112 Å². The van der Waals surface area contributed by atoms with Crippen molar-refractivity contribution in [3.8, 4) is 11.1 Å². The summed E-state index contributed by atoms with van der Waals surface area (Å²) in [4.78, 5) is 4.96. The molecule has 0 unspecified atom stereocenters. The number of anilines is 2. The zero-order valence-electron chi connectivity index (χ0n) is 10.7. The summed E-state index contributed by atoms with van der Waals surface area (Å²) in [7, 11) is 0. The number of aliphatic hydroxyl groups is 2. The monoisotopic (exact) mass is 261 g/mol. The van der Waals surface area contributed by atoms with Crippen LogP contribution in [0, 0.1) is 0 Å². The average Bonchev–Trinajstić information content (AvgIpc) is 2.81. The Morgan fingerprint density at radius 1 is 1.05 bits per heavy atom. The van der Waals surface area contributed by atoms with Crippen LogP contribution in [0.4, 0.5) is 11.6 Å². The van der Waals surface area contributed by atoms with Crippen LogP contribution in [0.25, 0.3) is 11.1 Å². The summed E-state index contributed by atoms with van der Waals surface area (Å²) in [6.45, 7) is 0.961. The normalized spacial score (nSPS) is 10.6. The van der Waals surface area contributed by atoms with E-state index in [1.807, 2.05) is 41.3 Å². The molecule has 0 bridgehead atoms. The molecule has 2 rings (SSSR count). The van der Waals surface area contributed by atoms with E-state index in [2.05, 4.69) is 4.98 Å².